The van der Waals surface area contributed by atoms with Crippen molar-refractivity contribution < 1.29 is 14.3 Å². The van der Waals surface area contributed by atoms with Gasteiger partial charge in [-0.15, -0.1) is 0 Å². The Kier molecular flexibility index (Phi) is 9.95. The summed E-state index contributed by atoms with van der Waals surface area (Å²) in [5.74, 6) is 0.588. The highest BCUT2D eigenvalue weighted by atomic mass is 16.7. The Bertz CT molecular complexity index is 282. The Morgan fingerprint density at radius 3 is 2.11 bits per heavy atom. The van der Waals surface area contributed by atoms with Gasteiger partial charge in [-0.25, -0.2) is 4.79 Å². The fourth-order valence-corrected chi connectivity index (χ4v) is 1.81. The summed E-state index contributed by atoms with van der Waals surface area (Å²) < 4.78 is 10.3. The fourth-order valence-electron chi connectivity index (χ4n) is 1.81. The van der Waals surface area contributed by atoms with E-state index in [0.29, 0.717) is 11.8 Å². The number of carbonyl (C=O) groups is 1. The molecule has 0 aliphatic rings. The molecule has 0 atom stereocenters. The fraction of sp³-hybridized carbons (Fsp3) is 0.688. The second-order valence-electron chi connectivity index (χ2n) is 5.22. The first-order chi connectivity index (χ1) is 8.99. The van der Waals surface area contributed by atoms with Gasteiger partial charge in [-0.2, -0.15) is 0 Å². The summed E-state index contributed by atoms with van der Waals surface area (Å²) in [6.45, 7) is 10.5. The molecule has 0 saturated carbocycles. The van der Waals surface area contributed by atoms with E-state index in [9.17, 15) is 4.79 Å². The van der Waals surface area contributed by atoms with Crippen LogP contribution in [-0.4, -0.2) is 18.9 Å². The monoisotopic (exact) mass is 268 g/mol. The van der Waals surface area contributed by atoms with Crippen molar-refractivity contribution in [3.05, 3.63) is 24.3 Å². The van der Waals surface area contributed by atoms with Gasteiger partial charge in [0.1, 0.15) is 12.7 Å². The molecule has 0 saturated heterocycles. The molecular formula is C16H28O3. The summed E-state index contributed by atoms with van der Waals surface area (Å²) in [6, 6.07) is 0. The lowest BCUT2D eigenvalue weighted by atomic mass is 9.96. The zero-order valence-electron chi connectivity index (χ0n) is 12.9. The minimum Gasteiger partial charge on any atom is -0.430 e. The lowest BCUT2D eigenvalue weighted by Crippen LogP contribution is -2.29. The molecule has 0 aromatic heterocycles. The predicted molar refractivity (Wildman–Crippen MR) is 79.1 cm³/mol. The maximum absolute atomic E-state index is 11.5. The summed E-state index contributed by atoms with van der Waals surface area (Å²) in [6.07, 6.45) is 9.24. The standard InChI is InChI=1S/C16H28O3/c1-6-7-8-9-10-11-12-18-16(17)19-15(13(2)3)14(4)5/h7-8,10-11,13-15H,6,9,12H2,1-5H3/b8-7-,11-10-. The molecule has 0 aromatic carbocycles. The van der Waals surface area contributed by atoms with Gasteiger partial charge in [0.05, 0.1) is 0 Å². The molecule has 3 nitrogen and oxygen atoms in total. The Morgan fingerprint density at radius 2 is 1.58 bits per heavy atom. The molecule has 0 bridgehead atoms. The van der Waals surface area contributed by atoms with E-state index in [2.05, 4.69) is 19.1 Å². The van der Waals surface area contributed by atoms with Crippen LogP contribution < -0.4 is 0 Å². The molecule has 0 heterocycles. The van der Waals surface area contributed by atoms with Crippen molar-refractivity contribution in [3.8, 4) is 0 Å². The minimum atomic E-state index is -0.582. The van der Waals surface area contributed by atoms with Crippen molar-refractivity contribution in [2.45, 2.75) is 53.6 Å². The largest absolute Gasteiger partial charge is 0.508 e. The zero-order valence-corrected chi connectivity index (χ0v) is 12.9. The van der Waals surface area contributed by atoms with Crippen LogP contribution in [-0.2, 0) is 9.47 Å². The van der Waals surface area contributed by atoms with Crippen LogP contribution in [0.25, 0.3) is 0 Å². The molecule has 19 heavy (non-hydrogen) atoms. The summed E-state index contributed by atoms with van der Waals surface area (Å²) in [4.78, 5) is 11.5. The molecule has 3 heteroatoms. The van der Waals surface area contributed by atoms with E-state index in [1.54, 1.807) is 0 Å². The predicted octanol–water partition coefficient (Wildman–Crippen LogP) is 4.73. The Labute approximate surface area is 117 Å². The van der Waals surface area contributed by atoms with Crippen LogP contribution in [0.3, 0.4) is 0 Å². The van der Waals surface area contributed by atoms with Gasteiger partial charge < -0.3 is 9.47 Å². The van der Waals surface area contributed by atoms with Gasteiger partial charge in [-0.05, 0) is 24.7 Å². The van der Waals surface area contributed by atoms with E-state index in [4.69, 9.17) is 9.47 Å². The molecule has 0 amide bonds. The molecule has 110 valence electrons. The first-order valence-corrected chi connectivity index (χ1v) is 7.12. The molecule has 0 spiro atoms. The Morgan fingerprint density at radius 1 is 1.00 bits per heavy atom. The van der Waals surface area contributed by atoms with Gasteiger partial charge in [0.25, 0.3) is 0 Å². The minimum absolute atomic E-state index is 0.0935. The molecule has 0 aromatic rings. The van der Waals surface area contributed by atoms with Crippen LogP contribution in [0.1, 0.15) is 47.5 Å². The summed E-state index contributed by atoms with van der Waals surface area (Å²) in [5, 5.41) is 0. The van der Waals surface area contributed by atoms with Gasteiger partial charge in [0, 0.05) is 0 Å². The van der Waals surface area contributed by atoms with E-state index in [-0.39, 0.29) is 12.7 Å². The van der Waals surface area contributed by atoms with Crippen molar-refractivity contribution >= 4 is 6.16 Å². The first kappa shape index (κ1) is 17.8. The molecule has 0 rings (SSSR count). The maximum Gasteiger partial charge on any atom is 0.508 e. The first-order valence-electron chi connectivity index (χ1n) is 7.12. The number of hydrogen-bond donors (Lipinski definition) is 0. The van der Waals surface area contributed by atoms with E-state index >= 15 is 0 Å². The van der Waals surface area contributed by atoms with Crippen LogP contribution in [0.15, 0.2) is 24.3 Å². The summed E-state index contributed by atoms with van der Waals surface area (Å²) >= 11 is 0. The highest BCUT2D eigenvalue weighted by Crippen LogP contribution is 2.16. The molecule has 0 fully saturated rings. The number of ether oxygens (including phenoxy) is 2. The summed E-state index contributed by atoms with van der Waals surface area (Å²) in [7, 11) is 0. The van der Waals surface area contributed by atoms with Gasteiger partial charge in [-0.3, -0.25) is 0 Å². The normalized spacial score (nSPS) is 12.2. The van der Waals surface area contributed by atoms with E-state index in [1.165, 1.54) is 0 Å². The van der Waals surface area contributed by atoms with Gasteiger partial charge in [0.2, 0.25) is 0 Å². The second kappa shape index (κ2) is 10.7. The van der Waals surface area contributed by atoms with Gasteiger partial charge >= 0.3 is 6.16 Å². The van der Waals surface area contributed by atoms with Crippen molar-refractivity contribution in [1.29, 1.82) is 0 Å². The van der Waals surface area contributed by atoms with Crippen molar-refractivity contribution in [2.75, 3.05) is 6.61 Å². The van der Waals surface area contributed by atoms with E-state index < -0.39 is 6.16 Å². The third-order valence-electron chi connectivity index (χ3n) is 2.69. The van der Waals surface area contributed by atoms with Gasteiger partial charge in [-0.1, -0.05) is 58.9 Å². The smallest absolute Gasteiger partial charge is 0.430 e. The van der Waals surface area contributed by atoms with Crippen molar-refractivity contribution in [1.82, 2.24) is 0 Å². The topological polar surface area (TPSA) is 35.5 Å². The van der Waals surface area contributed by atoms with Crippen LogP contribution >= 0.6 is 0 Å². The molecule has 0 radical (unpaired) electrons. The van der Waals surface area contributed by atoms with Crippen LogP contribution in [0, 0.1) is 11.8 Å². The number of carbonyl (C=O) groups excluding carboxylic acids is 1. The third kappa shape index (κ3) is 9.34. The Hall–Kier alpha value is -1.25. The maximum atomic E-state index is 11.5. The number of rotatable bonds is 8. The average molecular weight is 268 g/mol. The number of allylic oxidation sites excluding steroid dienone is 3. The van der Waals surface area contributed by atoms with Crippen LogP contribution in [0.4, 0.5) is 4.79 Å². The van der Waals surface area contributed by atoms with E-state index in [1.807, 2.05) is 39.8 Å². The highest BCUT2D eigenvalue weighted by molar-refractivity contribution is 5.60. The molecule has 0 unspecified atom stereocenters. The molecule has 0 aliphatic carbocycles. The lowest BCUT2D eigenvalue weighted by molar-refractivity contribution is -0.00626. The molecule has 0 aliphatic heterocycles. The SMILES string of the molecule is CC/C=C\C/C=C\COC(=O)OC(C(C)C)C(C)C. The second-order valence-corrected chi connectivity index (χ2v) is 5.22. The van der Waals surface area contributed by atoms with E-state index in [0.717, 1.165) is 12.8 Å². The summed E-state index contributed by atoms with van der Waals surface area (Å²) in [5.41, 5.74) is 0. The molecule has 0 N–H and O–H groups in total. The molecular weight excluding hydrogens is 240 g/mol. The third-order valence-corrected chi connectivity index (χ3v) is 2.69. The van der Waals surface area contributed by atoms with Crippen molar-refractivity contribution in [3.63, 3.8) is 0 Å². The highest BCUT2D eigenvalue weighted by Gasteiger charge is 2.22. The average Bonchev–Trinajstić information content (AvgIpc) is 2.34. The Balaban J connectivity index is 3.89. The quantitative estimate of drug-likeness (QED) is 0.471. The zero-order chi connectivity index (χ0) is 14.7. The number of hydrogen-bond acceptors (Lipinski definition) is 3. The van der Waals surface area contributed by atoms with Crippen LogP contribution in [0.5, 0.6) is 0 Å². The lowest BCUT2D eigenvalue weighted by Gasteiger charge is -2.24. The van der Waals surface area contributed by atoms with Gasteiger partial charge in [0.15, 0.2) is 0 Å². The van der Waals surface area contributed by atoms with Crippen molar-refractivity contribution in [2.24, 2.45) is 11.8 Å². The van der Waals surface area contributed by atoms with Crippen LogP contribution in [0.2, 0.25) is 0 Å².